The van der Waals surface area contributed by atoms with E-state index in [-0.39, 0.29) is 0 Å². The zero-order valence-electron chi connectivity index (χ0n) is 11.6. The Morgan fingerprint density at radius 3 is 2.42 bits per heavy atom. The molecule has 0 aliphatic carbocycles. The van der Waals surface area contributed by atoms with Crippen LogP contribution in [0.4, 0.5) is 0 Å². The SMILES string of the molecule is Cc1ccc(C(C)(O)Cc2cccc(Br)c2)cc1C. The number of hydrogen-bond acceptors (Lipinski definition) is 1. The summed E-state index contributed by atoms with van der Waals surface area (Å²) in [5.41, 5.74) is 3.71. The van der Waals surface area contributed by atoms with Crippen molar-refractivity contribution >= 4 is 15.9 Å². The van der Waals surface area contributed by atoms with Crippen LogP contribution in [-0.4, -0.2) is 5.11 Å². The van der Waals surface area contributed by atoms with Crippen LogP contribution in [0, 0.1) is 13.8 Å². The van der Waals surface area contributed by atoms with E-state index in [4.69, 9.17) is 0 Å². The van der Waals surface area contributed by atoms with Crippen molar-refractivity contribution in [1.29, 1.82) is 0 Å². The summed E-state index contributed by atoms with van der Waals surface area (Å²) in [6, 6.07) is 14.2. The molecule has 0 heterocycles. The van der Waals surface area contributed by atoms with E-state index in [1.54, 1.807) is 0 Å². The molecular weight excluding hydrogens is 300 g/mol. The molecule has 1 atom stereocenters. The van der Waals surface area contributed by atoms with Crippen molar-refractivity contribution in [3.8, 4) is 0 Å². The lowest BCUT2D eigenvalue weighted by molar-refractivity contribution is 0.0575. The Hall–Kier alpha value is -1.12. The molecule has 1 unspecified atom stereocenters. The molecule has 0 aliphatic rings. The Morgan fingerprint density at radius 1 is 1.05 bits per heavy atom. The largest absolute Gasteiger partial charge is 0.385 e. The number of benzene rings is 2. The molecule has 0 bridgehead atoms. The van der Waals surface area contributed by atoms with Gasteiger partial charge in [-0.15, -0.1) is 0 Å². The molecule has 0 radical (unpaired) electrons. The van der Waals surface area contributed by atoms with Crippen LogP contribution >= 0.6 is 15.9 Å². The van der Waals surface area contributed by atoms with Crippen LogP contribution in [0.25, 0.3) is 0 Å². The van der Waals surface area contributed by atoms with Crippen molar-refractivity contribution in [1.82, 2.24) is 0 Å². The van der Waals surface area contributed by atoms with Gasteiger partial charge in [0, 0.05) is 10.9 Å². The number of aliphatic hydroxyl groups is 1. The molecule has 0 aliphatic heterocycles. The minimum Gasteiger partial charge on any atom is -0.385 e. The molecule has 0 aromatic heterocycles. The molecule has 1 N–H and O–H groups in total. The van der Waals surface area contributed by atoms with E-state index in [9.17, 15) is 5.11 Å². The van der Waals surface area contributed by atoms with Crippen LogP contribution in [0.15, 0.2) is 46.9 Å². The van der Waals surface area contributed by atoms with E-state index < -0.39 is 5.60 Å². The smallest absolute Gasteiger partial charge is 0.0908 e. The maximum absolute atomic E-state index is 10.7. The molecular formula is C17H19BrO. The summed E-state index contributed by atoms with van der Waals surface area (Å²) in [7, 11) is 0. The van der Waals surface area contributed by atoms with Gasteiger partial charge in [0.15, 0.2) is 0 Å². The fraction of sp³-hybridized carbons (Fsp3) is 0.294. The molecule has 0 fully saturated rings. The minimum absolute atomic E-state index is 0.606. The maximum Gasteiger partial charge on any atom is 0.0908 e. The first-order chi connectivity index (χ1) is 8.88. The molecule has 2 heteroatoms. The molecule has 0 saturated heterocycles. The monoisotopic (exact) mass is 318 g/mol. The van der Waals surface area contributed by atoms with Crippen molar-refractivity contribution in [2.75, 3.05) is 0 Å². The summed E-state index contributed by atoms with van der Waals surface area (Å²) in [4.78, 5) is 0. The fourth-order valence-corrected chi connectivity index (χ4v) is 2.67. The second kappa shape index (κ2) is 5.48. The average Bonchev–Trinajstić information content (AvgIpc) is 2.32. The molecule has 19 heavy (non-hydrogen) atoms. The molecule has 2 rings (SSSR count). The fourth-order valence-electron chi connectivity index (χ4n) is 2.22. The third kappa shape index (κ3) is 3.46. The quantitative estimate of drug-likeness (QED) is 0.882. The topological polar surface area (TPSA) is 20.2 Å². The van der Waals surface area contributed by atoms with Crippen molar-refractivity contribution in [2.45, 2.75) is 32.8 Å². The summed E-state index contributed by atoms with van der Waals surface area (Å²) in [5, 5.41) is 10.7. The Bertz CT molecular complexity index is 588. The van der Waals surface area contributed by atoms with E-state index in [0.717, 1.165) is 15.6 Å². The molecule has 100 valence electrons. The minimum atomic E-state index is -0.848. The third-order valence-corrected chi connectivity index (χ3v) is 4.06. The zero-order valence-corrected chi connectivity index (χ0v) is 13.2. The highest BCUT2D eigenvalue weighted by atomic mass is 79.9. The van der Waals surface area contributed by atoms with E-state index in [1.807, 2.05) is 31.2 Å². The van der Waals surface area contributed by atoms with Gasteiger partial charge in [0.2, 0.25) is 0 Å². The van der Waals surface area contributed by atoms with Gasteiger partial charge in [-0.2, -0.15) is 0 Å². The Kier molecular flexibility index (Phi) is 4.12. The van der Waals surface area contributed by atoms with Crippen LogP contribution < -0.4 is 0 Å². The average molecular weight is 319 g/mol. The highest BCUT2D eigenvalue weighted by Gasteiger charge is 2.23. The zero-order chi connectivity index (χ0) is 14.0. The van der Waals surface area contributed by atoms with E-state index in [2.05, 4.69) is 48.0 Å². The first kappa shape index (κ1) is 14.3. The maximum atomic E-state index is 10.7. The summed E-state index contributed by atoms with van der Waals surface area (Å²) in [6.45, 7) is 6.04. The van der Waals surface area contributed by atoms with Crippen LogP contribution in [0.2, 0.25) is 0 Å². The van der Waals surface area contributed by atoms with Gasteiger partial charge in [-0.25, -0.2) is 0 Å². The molecule has 1 nitrogen and oxygen atoms in total. The summed E-state index contributed by atoms with van der Waals surface area (Å²) in [6.07, 6.45) is 0.606. The predicted octanol–water partition coefficient (Wildman–Crippen LogP) is 4.52. The number of rotatable bonds is 3. The van der Waals surface area contributed by atoms with Gasteiger partial charge in [0.1, 0.15) is 0 Å². The molecule has 0 saturated carbocycles. The molecule has 2 aromatic carbocycles. The summed E-state index contributed by atoms with van der Waals surface area (Å²) in [5.74, 6) is 0. The number of aryl methyl sites for hydroxylation is 2. The van der Waals surface area contributed by atoms with Gasteiger partial charge in [-0.05, 0) is 55.2 Å². The van der Waals surface area contributed by atoms with Gasteiger partial charge in [-0.1, -0.05) is 46.3 Å². The lowest BCUT2D eigenvalue weighted by atomic mass is 9.87. The normalized spacial score (nSPS) is 14.2. The van der Waals surface area contributed by atoms with E-state index in [0.29, 0.717) is 6.42 Å². The van der Waals surface area contributed by atoms with Crippen molar-refractivity contribution in [3.05, 3.63) is 69.2 Å². The molecule has 0 spiro atoms. The van der Waals surface area contributed by atoms with Crippen LogP contribution in [0.5, 0.6) is 0 Å². The van der Waals surface area contributed by atoms with Crippen molar-refractivity contribution < 1.29 is 5.11 Å². The van der Waals surface area contributed by atoms with Crippen LogP contribution in [0.3, 0.4) is 0 Å². The van der Waals surface area contributed by atoms with Gasteiger partial charge in [-0.3, -0.25) is 0 Å². The Balaban J connectivity index is 2.29. The second-order valence-corrected chi connectivity index (χ2v) is 6.30. The van der Waals surface area contributed by atoms with Gasteiger partial charge < -0.3 is 5.11 Å². The highest BCUT2D eigenvalue weighted by Crippen LogP contribution is 2.27. The predicted molar refractivity (Wildman–Crippen MR) is 83.3 cm³/mol. The van der Waals surface area contributed by atoms with E-state index in [1.165, 1.54) is 11.1 Å². The van der Waals surface area contributed by atoms with Gasteiger partial charge in [0.05, 0.1) is 5.60 Å². The lowest BCUT2D eigenvalue weighted by Crippen LogP contribution is -2.24. The third-order valence-electron chi connectivity index (χ3n) is 3.57. The lowest BCUT2D eigenvalue weighted by Gasteiger charge is -2.25. The number of hydrogen-bond donors (Lipinski definition) is 1. The molecule has 0 amide bonds. The highest BCUT2D eigenvalue weighted by molar-refractivity contribution is 9.10. The summed E-state index contributed by atoms with van der Waals surface area (Å²) >= 11 is 3.47. The Morgan fingerprint density at radius 2 is 1.79 bits per heavy atom. The standard InChI is InChI=1S/C17H19BrO/c1-12-7-8-15(9-13(12)2)17(3,19)11-14-5-4-6-16(18)10-14/h4-10,19H,11H2,1-3H3. The summed E-state index contributed by atoms with van der Waals surface area (Å²) < 4.78 is 1.04. The van der Waals surface area contributed by atoms with E-state index >= 15 is 0 Å². The van der Waals surface area contributed by atoms with Crippen LogP contribution in [0.1, 0.15) is 29.2 Å². The molecule has 2 aromatic rings. The second-order valence-electron chi connectivity index (χ2n) is 5.38. The first-order valence-corrected chi connectivity index (χ1v) is 7.22. The van der Waals surface area contributed by atoms with Gasteiger partial charge >= 0.3 is 0 Å². The van der Waals surface area contributed by atoms with Crippen molar-refractivity contribution in [3.63, 3.8) is 0 Å². The van der Waals surface area contributed by atoms with Crippen molar-refractivity contribution in [2.24, 2.45) is 0 Å². The first-order valence-electron chi connectivity index (χ1n) is 6.43. The van der Waals surface area contributed by atoms with Gasteiger partial charge in [0.25, 0.3) is 0 Å². The number of halogens is 1. The van der Waals surface area contributed by atoms with Crippen LogP contribution in [-0.2, 0) is 12.0 Å². The Labute approximate surface area is 123 Å².